The molecule has 11 heteroatoms. The summed E-state index contributed by atoms with van der Waals surface area (Å²) in [5, 5.41) is 0. The monoisotopic (exact) mass is 816 g/mol. The molecule has 2 heterocycles. The average molecular weight is 817 g/mol. The van der Waals surface area contributed by atoms with Gasteiger partial charge in [-0.1, -0.05) is 77.9 Å². The molecular weight excluding hydrogens is 773 g/mol. The molecule has 0 fully saturated rings. The van der Waals surface area contributed by atoms with Crippen LogP contribution in [0.5, 0.6) is 0 Å². The number of aryl methyl sites for hydroxylation is 1. The summed E-state index contributed by atoms with van der Waals surface area (Å²) >= 11 is 0. The van der Waals surface area contributed by atoms with Gasteiger partial charge in [-0.25, -0.2) is 18.2 Å². The molecule has 0 saturated heterocycles. The first-order valence-electron chi connectivity index (χ1n) is 19.5. The molecule has 0 bridgehead atoms. The van der Waals surface area contributed by atoms with Gasteiger partial charge in [-0.2, -0.15) is 0 Å². The van der Waals surface area contributed by atoms with Crippen molar-refractivity contribution in [1.82, 2.24) is 0 Å². The van der Waals surface area contributed by atoms with E-state index in [0.717, 1.165) is 27.2 Å². The van der Waals surface area contributed by atoms with Gasteiger partial charge in [0.15, 0.2) is 0 Å². The molecule has 60 heavy (non-hydrogen) atoms. The van der Waals surface area contributed by atoms with Gasteiger partial charge in [0, 0.05) is 11.4 Å². The summed E-state index contributed by atoms with van der Waals surface area (Å²) in [4.78, 5) is 58.4. The van der Waals surface area contributed by atoms with Crippen molar-refractivity contribution in [1.29, 1.82) is 0 Å². The third kappa shape index (κ3) is 6.55. The van der Waals surface area contributed by atoms with E-state index in [2.05, 4.69) is 0 Å². The number of benzene rings is 6. The topological polar surface area (TPSA) is 161 Å². The number of nitrogens with two attached hydrogens (primary N) is 2. The normalized spacial score (nSPS) is 14.2. The number of nitrogens with zero attached hydrogens (tertiary/aromatic N) is 2. The lowest BCUT2D eigenvalue weighted by Gasteiger charge is -2.34. The van der Waals surface area contributed by atoms with Crippen LogP contribution in [0.4, 0.5) is 22.7 Å². The van der Waals surface area contributed by atoms with Gasteiger partial charge in [0.2, 0.25) is 9.84 Å². The zero-order valence-electron chi connectivity index (χ0n) is 34.4. The molecule has 0 unspecified atom stereocenters. The predicted molar refractivity (Wildman–Crippen MR) is 235 cm³/mol. The fourth-order valence-electron chi connectivity index (χ4n) is 7.94. The number of fused-ring (bicyclic) bond motifs is 2. The molecule has 0 aliphatic carbocycles. The van der Waals surface area contributed by atoms with E-state index in [-0.39, 0.29) is 37.7 Å². The molecule has 4 amide bonds. The summed E-state index contributed by atoms with van der Waals surface area (Å²) in [6.45, 7) is 13.1. The van der Waals surface area contributed by atoms with Crippen molar-refractivity contribution in [2.75, 3.05) is 21.3 Å². The second-order valence-corrected chi connectivity index (χ2v) is 19.4. The van der Waals surface area contributed by atoms with Crippen LogP contribution in [-0.4, -0.2) is 32.0 Å². The molecule has 0 aromatic heterocycles. The van der Waals surface area contributed by atoms with E-state index in [9.17, 15) is 27.6 Å². The molecule has 4 N–H and O–H groups in total. The van der Waals surface area contributed by atoms with Crippen LogP contribution >= 0.6 is 0 Å². The van der Waals surface area contributed by atoms with Gasteiger partial charge in [-0.15, -0.1) is 0 Å². The highest BCUT2D eigenvalue weighted by Gasteiger charge is 2.43. The van der Waals surface area contributed by atoms with Gasteiger partial charge in [-0.3, -0.25) is 19.2 Å². The van der Waals surface area contributed by atoms with Gasteiger partial charge in [0.25, 0.3) is 23.6 Å². The minimum Gasteiger partial charge on any atom is -0.399 e. The third-order valence-electron chi connectivity index (χ3n) is 11.2. The Kier molecular flexibility index (Phi) is 9.24. The van der Waals surface area contributed by atoms with Crippen molar-refractivity contribution in [3.05, 3.63) is 154 Å². The third-order valence-corrected chi connectivity index (χ3v) is 12.9. The first-order chi connectivity index (χ1) is 28.2. The van der Waals surface area contributed by atoms with Gasteiger partial charge in [0.05, 0.1) is 43.4 Å². The van der Waals surface area contributed by atoms with E-state index in [1.54, 1.807) is 79.7 Å². The molecule has 2 aliphatic rings. The standard InChI is InChI=1S/C49H44N4O6S/c1-27-22-34(18-21-42(27)52-44(54)36-19-12-30(23-38(36)46(52)56)28-8-14-32(50)15-9-28)60(58,59)35-25-40(48(2,3)4)43(41(26-35)49(5,6)7)53-45(55)37-20-13-31(24-39(37)47(53)57)29-10-16-33(51)17-11-29/h8-26H,50-51H2,1-7H3. The summed E-state index contributed by atoms with van der Waals surface area (Å²) < 4.78 is 29.4. The molecule has 0 saturated carbocycles. The van der Waals surface area contributed by atoms with Gasteiger partial charge in [-0.05, 0) is 136 Å². The lowest BCUT2D eigenvalue weighted by atomic mass is 9.78. The molecule has 0 spiro atoms. The second kappa shape index (κ2) is 13.9. The van der Waals surface area contributed by atoms with Crippen LogP contribution in [0.2, 0.25) is 0 Å². The molecule has 8 rings (SSSR count). The molecular formula is C49H44N4O6S. The van der Waals surface area contributed by atoms with E-state index in [1.807, 2.05) is 65.8 Å². The maximum absolute atomic E-state index is 14.7. The van der Waals surface area contributed by atoms with E-state index in [1.165, 1.54) is 23.1 Å². The Hall–Kier alpha value is -6.85. The molecule has 302 valence electrons. The van der Waals surface area contributed by atoms with Crippen molar-refractivity contribution < 1.29 is 27.6 Å². The fraction of sp³-hybridized carbons (Fsp3) is 0.184. The van der Waals surface area contributed by atoms with Crippen LogP contribution in [-0.2, 0) is 20.7 Å². The van der Waals surface area contributed by atoms with Crippen molar-refractivity contribution in [3.63, 3.8) is 0 Å². The number of sulfone groups is 1. The molecule has 6 aromatic carbocycles. The lowest BCUT2D eigenvalue weighted by molar-refractivity contribution is 0.0909. The molecule has 6 aromatic rings. The van der Waals surface area contributed by atoms with E-state index in [4.69, 9.17) is 11.5 Å². The van der Waals surface area contributed by atoms with Gasteiger partial charge in [0.1, 0.15) is 0 Å². The van der Waals surface area contributed by atoms with Crippen LogP contribution in [0.15, 0.2) is 125 Å². The SMILES string of the molecule is Cc1cc(S(=O)(=O)c2cc(C(C)(C)C)c(N3C(=O)c4ccc(-c5ccc(N)cc5)cc4C3=O)c(C(C)(C)C)c2)ccc1N1C(=O)c2ccc(-c3ccc(N)cc3)cc2C1=O. The second-order valence-electron chi connectivity index (χ2n) is 17.5. The van der Waals surface area contributed by atoms with E-state index >= 15 is 0 Å². The number of carbonyl (C=O) groups is 4. The Labute approximate surface area is 349 Å². The number of rotatable bonds is 6. The highest BCUT2D eigenvalue weighted by molar-refractivity contribution is 7.91. The Morgan fingerprint density at radius 1 is 0.450 bits per heavy atom. The van der Waals surface area contributed by atoms with E-state index < -0.39 is 44.3 Å². The number of nitrogen functional groups attached to an aromatic ring is 2. The molecule has 0 atom stereocenters. The summed E-state index contributed by atoms with van der Waals surface area (Å²) in [7, 11) is -4.24. The number of hydrogen-bond donors (Lipinski definition) is 2. The Bertz CT molecular complexity index is 2920. The summed E-state index contributed by atoms with van der Waals surface area (Å²) in [5.74, 6) is -2.01. The number of imide groups is 2. The Morgan fingerprint density at radius 3 is 1.28 bits per heavy atom. The smallest absolute Gasteiger partial charge is 0.266 e. The minimum absolute atomic E-state index is 0.0218. The average Bonchev–Trinajstić information content (AvgIpc) is 3.59. The highest BCUT2D eigenvalue weighted by Crippen LogP contribution is 2.46. The Morgan fingerprint density at radius 2 is 0.850 bits per heavy atom. The van der Waals surface area contributed by atoms with Crippen LogP contribution < -0.4 is 21.3 Å². The fourth-order valence-corrected chi connectivity index (χ4v) is 9.34. The molecule has 10 nitrogen and oxygen atoms in total. The first-order valence-corrected chi connectivity index (χ1v) is 21.0. The first kappa shape index (κ1) is 40.0. The number of hydrogen-bond acceptors (Lipinski definition) is 8. The van der Waals surface area contributed by atoms with Crippen LogP contribution in [0.25, 0.3) is 22.3 Å². The highest BCUT2D eigenvalue weighted by atomic mass is 32.2. The zero-order chi connectivity index (χ0) is 43.2. The minimum atomic E-state index is -4.24. The Balaban J connectivity index is 1.17. The van der Waals surface area contributed by atoms with Crippen LogP contribution in [0.3, 0.4) is 0 Å². The van der Waals surface area contributed by atoms with Gasteiger partial charge < -0.3 is 11.5 Å². The predicted octanol–water partition coefficient (Wildman–Crippen LogP) is 9.52. The molecule has 2 aliphatic heterocycles. The number of anilines is 4. The number of amides is 4. The summed E-state index contributed by atoms with van der Waals surface area (Å²) in [6, 6.07) is 32.1. The van der Waals surface area contributed by atoms with Gasteiger partial charge >= 0.3 is 0 Å². The van der Waals surface area contributed by atoms with Crippen molar-refractivity contribution in [3.8, 4) is 22.3 Å². The van der Waals surface area contributed by atoms with Crippen LogP contribution in [0.1, 0.15) is 99.7 Å². The quantitative estimate of drug-likeness (QED) is 0.124. The summed E-state index contributed by atoms with van der Waals surface area (Å²) in [5.41, 5.74) is 17.7. The van der Waals surface area contributed by atoms with E-state index in [0.29, 0.717) is 33.8 Å². The maximum atomic E-state index is 14.7. The van der Waals surface area contributed by atoms with Crippen molar-refractivity contribution in [2.24, 2.45) is 0 Å². The molecule has 0 radical (unpaired) electrons. The maximum Gasteiger partial charge on any atom is 0.266 e. The largest absolute Gasteiger partial charge is 0.399 e. The van der Waals surface area contributed by atoms with Crippen LogP contribution in [0, 0.1) is 6.92 Å². The number of carbonyl (C=O) groups excluding carboxylic acids is 4. The zero-order valence-corrected chi connectivity index (χ0v) is 35.2. The van der Waals surface area contributed by atoms with Crippen molar-refractivity contribution >= 4 is 56.2 Å². The van der Waals surface area contributed by atoms with Crippen molar-refractivity contribution in [2.45, 2.75) is 69.1 Å². The summed E-state index contributed by atoms with van der Waals surface area (Å²) in [6.07, 6.45) is 0. The lowest BCUT2D eigenvalue weighted by Crippen LogP contribution is -2.35.